The minimum Gasteiger partial charge on any atom is -0.366 e. The topological polar surface area (TPSA) is 75.5 Å². The summed E-state index contributed by atoms with van der Waals surface area (Å²) in [5.74, 6) is 0.256. The second kappa shape index (κ2) is 7.85. The van der Waals surface area contributed by atoms with Crippen LogP contribution >= 0.6 is 0 Å². The van der Waals surface area contributed by atoms with Crippen molar-refractivity contribution >= 4 is 27.1 Å². The van der Waals surface area contributed by atoms with Crippen molar-refractivity contribution in [2.75, 3.05) is 29.1 Å². The number of likely N-dealkylation sites (N-methyl/N-ethyl adjacent to an activating group) is 1. The maximum atomic E-state index is 13.3. The Kier molecular flexibility index (Phi) is 5.35. The normalized spacial score (nSPS) is 16.3. The van der Waals surface area contributed by atoms with E-state index in [0.29, 0.717) is 12.4 Å². The van der Waals surface area contributed by atoms with E-state index < -0.39 is 9.84 Å². The highest BCUT2D eigenvalue weighted by atomic mass is 32.2. The third-order valence-electron chi connectivity index (χ3n) is 5.77. The Morgan fingerprint density at radius 3 is 2.35 bits per heavy atom. The number of nitrogens with zero attached hydrogens (tertiary/aromatic N) is 4. The number of benzene rings is 2. The monoisotopic (exact) mass is 438 g/mol. The highest BCUT2D eigenvalue weighted by molar-refractivity contribution is 7.90. The van der Waals surface area contributed by atoms with Crippen LogP contribution in [0.5, 0.6) is 0 Å². The molecule has 0 unspecified atom stereocenters. The summed E-state index contributed by atoms with van der Waals surface area (Å²) < 4.78 is 25.3. The zero-order valence-electron chi connectivity index (χ0n) is 18.1. The van der Waals surface area contributed by atoms with E-state index in [-0.39, 0.29) is 16.8 Å². The van der Waals surface area contributed by atoms with Gasteiger partial charge in [-0.25, -0.2) is 13.4 Å². The van der Waals surface area contributed by atoms with E-state index in [1.165, 1.54) is 6.26 Å². The first-order valence-electron chi connectivity index (χ1n) is 10.2. The van der Waals surface area contributed by atoms with Gasteiger partial charge in [-0.1, -0.05) is 18.2 Å². The van der Waals surface area contributed by atoms with E-state index in [1.807, 2.05) is 25.2 Å². The van der Waals surface area contributed by atoms with Crippen LogP contribution < -0.4 is 9.80 Å². The number of hydrogen-bond donors (Lipinski definition) is 0. The molecular formula is C23H26N4O3S. The Morgan fingerprint density at radius 1 is 1.10 bits per heavy atom. The molecule has 0 spiro atoms. The SMILES string of the molecule is CCN1c2ccc(-c3ccc(S(C)(=O)=O)cc3)cc2N(C(=O)c2nccn2C)C[C@@H]1C. The van der Waals surface area contributed by atoms with Crippen LogP contribution in [0.1, 0.15) is 24.5 Å². The van der Waals surface area contributed by atoms with Gasteiger partial charge >= 0.3 is 0 Å². The number of amides is 1. The number of carbonyl (C=O) groups is 1. The number of aromatic nitrogens is 2. The molecule has 0 aliphatic carbocycles. The number of hydrogen-bond acceptors (Lipinski definition) is 5. The predicted molar refractivity (Wildman–Crippen MR) is 122 cm³/mol. The molecule has 1 amide bonds. The number of carbonyl (C=O) groups excluding carboxylic acids is 1. The molecule has 8 heteroatoms. The van der Waals surface area contributed by atoms with Gasteiger partial charge in [0, 0.05) is 44.8 Å². The van der Waals surface area contributed by atoms with E-state index in [1.54, 1.807) is 46.1 Å². The lowest BCUT2D eigenvalue weighted by molar-refractivity contribution is 0.0971. The third-order valence-corrected chi connectivity index (χ3v) is 6.90. The molecule has 0 saturated heterocycles. The summed E-state index contributed by atoms with van der Waals surface area (Å²) in [4.78, 5) is 22.0. The molecule has 3 aromatic rings. The number of sulfone groups is 1. The van der Waals surface area contributed by atoms with Gasteiger partial charge in [0.1, 0.15) is 0 Å². The fraction of sp³-hybridized carbons (Fsp3) is 0.304. The smallest absolute Gasteiger partial charge is 0.294 e. The molecule has 1 atom stereocenters. The summed E-state index contributed by atoms with van der Waals surface area (Å²) in [6, 6.07) is 13.0. The highest BCUT2D eigenvalue weighted by Crippen LogP contribution is 2.39. The van der Waals surface area contributed by atoms with Gasteiger partial charge in [0.15, 0.2) is 15.7 Å². The van der Waals surface area contributed by atoms with Crippen molar-refractivity contribution < 1.29 is 13.2 Å². The van der Waals surface area contributed by atoms with Crippen molar-refractivity contribution in [3.05, 3.63) is 60.7 Å². The van der Waals surface area contributed by atoms with E-state index in [9.17, 15) is 13.2 Å². The van der Waals surface area contributed by atoms with Gasteiger partial charge in [0.25, 0.3) is 5.91 Å². The summed E-state index contributed by atoms with van der Waals surface area (Å²) in [5.41, 5.74) is 3.64. The first kappa shape index (κ1) is 21.1. The fourth-order valence-corrected chi connectivity index (χ4v) is 4.75. The van der Waals surface area contributed by atoms with Gasteiger partial charge in [-0.05, 0) is 49.2 Å². The lowest BCUT2D eigenvalue weighted by Gasteiger charge is -2.42. The molecule has 0 radical (unpaired) electrons. The summed E-state index contributed by atoms with van der Waals surface area (Å²) in [5, 5.41) is 0. The largest absolute Gasteiger partial charge is 0.366 e. The Hall–Kier alpha value is -3.13. The summed E-state index contributed by atoms with van der Waals surface area (Å²) in [6.45, 7) is 5.61. The number of aryl methyl sites for hydroxylation is 1. The van der Waals surface area contributed by atoms with Crippen LogP contribution in [-0.2, 0) is 16.9 Å². The zero-order chi connectivity index (χ0) is 22.3. The molecule has 2 aromatic carbocycles. The lowest BCUT2D eigenvalue weighted by atomic mass is 10.0. The maximum Gasteiger partial charge on any atom is 0.294 e. The first-order valence-corrected chi connectivity index (χ1v) is 12.1. The number of fused-ring (bicyclic) bond motifs is 1. The minimum absolute atomic E-state index is 0.138. The molecule has 7 nitrogen and oxygen atoms in total. The van der Waals surface area contributed by atoms with Gasteiger partial charge in [0.2, 0.25) is 0 Å². The summed E-state index contributed by atoms with van der Waals surface area (Å²) in [6.07, 6.45) is 4.59. The standard InChI is InChI=1S/C23H26N4O3S/c1-5-26-16(2)15-27(23(28)22-24-12-13-25(22)3)21-14-18(8-11-20(21)26)17-6-9-19(10-7-17)31(4,29)30/h6-14,16H,5,15H2,1-4H3/t16-/m0/s1. The quantitative estimate of drug-likeness (QED) is 0.624. The van der Waals surface area contributed by atoms with Gasteiger partial charge in [-0.3, -0.25) is 4.79 Å². The molecule has 162 valence electrons. The molecule has 0 N–H and O–H groups in total. The average Bonchev–Trinajstić information content (AvgIpc) is 3.17. The Labute approximate surface area is 182 Å². The van der Waals surface area contributed by atoms with Crippen LogP contribution in [0, 0.1) is 0 Å². The Balaban J connectivity index is 1.80. The number of imidazole rings is 1. The lowest BCUT2D eigenvalue weighted by Crippen LogP contribution is -2.50. The predicted octanol–water partition coefficient (Wildman–Crippen LogP) is 3.37. The molecule has 1 aliphatic rings. The van der Waals surface area contributed by atoms with Crippen LogP contribution in [0.2, 0.25) is 0 Å². The Bertz CT molecular complexity index is 1230. The number of rotatable bonds is 4. The van der Waals surface area contributed by atoms with Crippen LogP contribution in [-0.4, -0.2) is 49.3 Å². The van der Waals surface area contributed by atoms with Gasteiger partial charge in [-0.15, -0.1) is 0 Å². The van der Waals surface area contributed by atoms with Crippen molar-refractivity contribution in [3.8, 4) is 11.1 Å². The molecule has 0 bridgehead atoms. The molecule has 31 heavy (non-hydrogen) atoms. The van der Waals surface area contributed by atoms with E-state index in [2.05, 4.69) is 23.7 Å². The molecule has 4 rings (SSSR count). The summed E-state index contributed by atoms with van der Waals surface area (Å²) >= 11 is 0. The van der Waals surface area contributed by atoms with Crippen molar-refractivity contribution in [2.24, 2.45) is 7.05 Å². The summed E-state index contributed by atoms with van der Waals surface area (Å²) in [7, 11) is -1.44. The molecule has 1 aliphatic heterocycles. The molecule has 1 aromatic heterocycles. The van der Waals surface area contributed by atoms with E-state index in [0.717, 1.165) is 29.0 Å². The van der Waals surface area contributed by atoms with Gasteiger partial charge < -0.3 is 14.4 Å². The van der Waals surface area contributed by atoms with Crippen molar-refractivity contribution in [1.29, 1.82) is 0 Å². The molecule has 0 saturated carbocycles. The van der Waals surface area contributed by atoms with Crippen LogP contribution in [0.15, 0.2) is 59.8 Å². The number of anilines is 2. The second-order valence-electron chi connectivity index (χ2n) is 7.91. The van der Waals surface area contributed by atoms with E-state index >= 15 is 0 Å². The second-order valence-corrected chi connectivity index (χ2v) is 9.93. The van der Waals surface area contributed by atoms with Crippen LogP contribution in [0.3, 0.4) is 0 Å². The molecular weight excluding hydrogens is 412 g/mol. The zero-order valence-corrected chi connectivity index (χ0v) is 18.9. The average molecular weight is 439 g/mol. The van der Waals surface area contributed by atoms with Crippen molar-refractivity contribution in [3.63, 3.8) is 0 Å². The highest BCUT2D eigenvalue weighted by Gasteiger charge is 2.33. The van der Waals surface area contributed by atoms with Crippen molar-refractivity contribution in [1.82, 2.24) is 9.55 Å². The van der Waals surface area contributed by atoms with E-state index in [4.69, 9.17) is 0 Å². The Morgan fingerprint density at radius 2 is 1.77 bits per heavy atom. The van der Waals surface area contributed by atoms with Crippen LogP contribution in [0.4, 0.5) is 11.4 Å². The molecule has 2 heterocycles. The van der Waals surface area contributed by atoms with Crippen molar-refractivity contribution in [2.45, 2.75) is 24.8 Å². The first-order chi connectivity index (χ1) is 14.7. The van der Waals surface area contributed by atoms with Crippen LogP contribution in [0.25, 0.3) is 11.1 Å². The fourth-order valence-electron chi connectivity index (χ4n) is 4.12. The van der Waals surface area contributed by atoms with Gasteiger partial charge in [-0.2, -0.15) is 0 Å². The third kappa shape index (κ3) is 3.83. The minimum atomic E-state index is -3.25. The van der Waals surface area contributed by atoms with Gasteiger partial charge in [0.05, 0.1) is 16.3 Å². The maximum absolute atomic E-state index is 13.3. The molecule has 0 fully saturated rings.